The lowest BCUT2D eigenvalue weighted by Crippen LogP contribution is -2.44. The average Bonchev–Trinajstić information content (AvgIpc) is 3.46. The van der Waals surface area contributed by atoms with Crippen molar-refractivity contribution in [3.63, 3.8) is 0 Å². The molecule has 0 fully saturated rings. The number of fused-ring (bicyclic) bond motifs is 2. The maximum Gasteiger partial charge on any atom is 0.511 e. The lowest BCUT2D eigenvalue weighted by Gasteiger charge is -2.27. The number of aromatic nitrogens is 5. The van der Waals surface area contributed by atoms with Crippen LogP contribution in [0.5, 0.6) is 0 Å². The predicted molar refractivity (Wildman–Crippen MR) is 135 cm³/mol. The summed E-state index contributed by atoms with van der Waals surface area (Å²) in [5.41, 5.74) is -0.577. The normalized spacial score (nSPS) is 14.5. The maximum absolute atomic E-state index is 13.1. The fourth-order valence-electron chi connectivity index (χ4n) is 4.63. The summed E-state index contributed by atoms with van der Waals surface area (Å²) in [7, 11) is -5.40. The molecule has 0 unspecified atom stereocenters. The maximum atomic E-state index is 13.1. The van der Waals surface area contributed by atoms with Crippen LogP contribution in [0.4, 0.5) is 13.2 Å². The second kappa shape index (κ2) is 10.1. The van der Waals surface area contributed by atoms with Crippen molar-refractivity contribution in [2.45, 2.75) is 51.8 Å². The van der Waals surface area contributed by atoms with E-state index in [9.17, 15) is 26.4 Å². The summed E-state index contributed by atoms with van der Waals surface area (Å²) in [5, 5.41) is 7.39. The van der Waals surface area contributed by atoms with Crippen LogP contribution in [-0.4, -0.2) is 54.8 Å². The second-order valence-corrected chi connectivity index (χ2v) is 11.3. The summed E-state index contributed by atoms with van der Waals surface area (Å²) in [6.07, 6.45) is 4.50. The monoisotopic (exact) mass is 561 g/mol. The molecule has 0 saturated heterocycles. The van der Waals surface area contributed by atoms with Gasteiger partial charge < -0.3 is 5.32 Å². The van der Waals surface area contributed by atoms with Gasteiger partial charge in [0.25, 0.3) is 5.91 Å². The van der Waals surface area contributed by atoms with E-state index >= 15 is 0 Å². The number of amides is 1. The number of nitrogens with zero attached hydrogens (tertiary/aromatic N) is 6. The molecule has 4 heterocycles. The third-order valence-electron chi connectivity index (χ3n) is 6.51. The van der Waals surface area contributed by atoms with Crippen LogP contribution in [0.25, 0.3) is 5.78 Å². The van der Waals surface area contributed by atoms with Gasteiger partial charge in [-0.1, -0.05) is 31.2 Å². The Balaban J connectivity index is 1.27. The van der Waals surface area contributed by atoms with Crippen LogP contribution >= 0.6 is 0 Å². The van der Waals surface area contributed by atoms with E-state index in [2.05, 4.69) is 20.4 Å². The zero-order chi connectivity index (χ0) is 27.9. The first kappa shape index (κ1) is 26.8. The number of hydrogen-bond acceptors (Lipinski definition) is 6. The highest BCUT2D eigenvalue weighted by atomic mass is 32.2. The number of carbonyl (C=O) groups excluding carboxylic acids is 1. The van der Waals surface area contributed by atoms with E-state index < -0.39 is 15.5 Å². The molecule has 3 aromatic heterocycles. The van der Waals surface area contributed by atoms with Crippen molar-refractivity contribution in [2.75, 3.05) is 6.54 Å². The largest absolute Gasteiger partial charge is 0.511 e. The second-order valence-electron chi connectivity index (χ2n) is 9.38. The molecule has 10 nitrogen and oxygen atoms in total. The molecule has 0 atom stereocenters. The number of aryl methyl sites for hydroxylation is 2. The van der Waals surface area contributed by atoms with Gasteiger partial charge in [0.1, 0.15) is 5.69 Å². The van der Waals surface area contributed by atoms with Gasteiger partial charge in [-0.15, -0.1) is 0 Å². The van der Waals surface area contributed by atoms with E-state index in [1.807, 2.05) is 44.3 Å². The molecule has 0 aliphatic carbocycles. The summed E-state index contributed by atoms with van der Waals surface area (Å²) in [6, 6.07) is 9.16. The van der Waals surface area contributed by atoms with Crippen LogP contribution in [-0.2, 0) is 42.5 Å². The molecule has 39 heavy (non-hydrogen) atoms. The molecule has 0 spiro atoms. The minimum absolute atomic E-state index is 0.0365. The standard InChI is InChI=1S/C25H26F3N7O3S/c1-3-21-22(34-14-16(2)12-30-24(34)31-21)23(36)29-13-18-6-4-5-17(9-18)10-19-11-20-15-33(7-8-35(20)32-19)39(37,38)25(26,27)28/h4-6,9,11-12,14H,3,7-8,10,13,15H2,1-2H3,(H,29,36). The number of imidazole rings is 1. The molecule has 1 aromatic carbocycles. The fourth-order valence-corrected chi connectivity index (χ4v) is 5.54. The molecule has 1 amide bonds. The summed E-state index contributed by atoms with van der Waals surface area (Å²) >= 11 is 0. The molecule has 0 radical (unpaired) electrons. The first-order chi connectivity index (χ1) is 18.5. The highest BCUT2D eigenvalue weighted by molar-refractivity contribution is 7.89. The number of sulfonamides is 1. The molecule has 0 bridgehead atoms. The van der Waals surface area contributed by atoms with Gasteiger partial charge in [0.2, 0.25) is 5.78 Å². The van der Waals surface area contributed by atoms with Crippen molar-refractivity contribution in [1.82, 2.24) is 33.8 Å². The molecule has 1 aliphatic rings. The Bertz CT molecular complexity index is 1660. The van der Waals surface area contributed by atoms with E-state index in [0.29, 0.717) is 45.7 Å². The van der Waals surface area contributed by atoms with Crippen LogP contribution in [0, 0.1) is 6.92 Å². The third kappa shape index (κ3) is 5.26. The van der Waals surface area contributed by atoms with E-state index in [1.54, 1.807) is 21.3 Å². The van der Waals surface area contributed by atoms with E-state index in [4.69, 9.17) is 0 Å². The SMILES string of the molecule is CCc1nc2ncc(C)cn2c1C(=O)NCc1cccc(Cc2cc3n(n2)CCN(S(=O)(=O)C(F)(F)F)C3)c1. The number of nitrogens with one attached hydrogen (secondary N) is 1. The van der Waals surface area contributed by atoms with Gasteiger partial charge in [0.05, 0.1) is 30.2 Å². The summed E-state index contributed by atoms with van der Waals surface area (Å²) in [5.74, 6) is 0.198. The Morgan fingerprint density at radius 2 is 1.92 bits per heavy atom. The first-order valence-electron chi connectivity index (χ1n) is 12.3. The fraction of sp³-hybridized carbons (Fsp3) is 0.360. The number of halogens is 3. The van der Waals surface area contributed by atoms with Gasteiger partial charge >= 0.3 is 15.5 Å². The lowest BCUT2D eigenvalue weighted by molar-refractivity contribution is -0.0496. The Hall–Kier alpha value is -3.78. The minimum Gasteiger partial charge on any atom is -0.347 e. The van der Waals surface area contributed by atoms with Crippen LogP contribution < -0.4 is 5.32 Å². The summed E-state index contributed by atoms with van der Waals surface area (Å²) < 4.78 is 66.1. The van der Waals surface area contributed by atoms with Crippen LogP contribution in [0.3, 0.4) is 0 Å². The van der Waals surface area contributed by atoms with Gasteiger partial charge in [0.15, 0.2) is 0 Å². The van der Waals surface area contributed by atoms with E-state index in [-0.39, 0.29) is 32.1 Å². The van der Waals surface area contributed by atoms with Gasteiger partial charge in [-0.05, 0) is 36.1 Å². The number of benzene rings is 1. The summed E-state index contributed by atoms with van der Waals surface area (Å²) in [4.78, 5) is 21.9. The van der Waals surface area contributed by atoms with Crippen molar-refractivity contribution in [2.24, 2.45) is 0 Å². The lowest BCUT2D eigenvalue weighted by atomic mass is 10.1. The summed E-state index contributed by atoms with van der Waals surface area (Å²) in [6.45, 7) is 3.44. The van der Waals surface area contributed by atoms with Crippen LogP contribution in [0.1, 0.15) is 51.2 Å². The zero-order valence-corrected chi connectivity index (χ0v) is 22.1. The van der Waals surface area contributed by atoms with Gasteiger partial charge in [-0.2, -0.15) is 22.6 Å². The predicted octanol–water partition coefficient (Wildman–Crippen LogP) is 2.98. The third-order valence-corrected chi connectivity index (χ3v) is 8.08. The molecule has 206 valence electrons. The quantitative estimate of drug-likeness (QED) is 0.371. The molecular formula is C25H26F3N7O3S. The molecule has 14 heteroatoms. The Morgan fingerprint density at radius 3 is 2.67 bits per heavy atom. The molecule has 5 rings (SSSR count). The zero-order valence-electron chi connectivity index (χ0n) is 21.2. The molecule has 1 aliphatic heterocycles. The Labute approximate surface area is 222 Å². The van der Waals surface area contributed by atoms with Gasteiger partial charge in [0, 0.05) is 31.9 Å². The highest BCUT2D eigenvalue weighted by Crippen LogP contribution is 2.29. The van der Waals surface area contributed by atoms with Gasteiger partial charge in [-0.3, -0.25) is 13.9 Å². The number of rotatable bonds is 7. The Morgan fingerprint density at radius 1 is 1.15 bits per heavy atom. The average molecular weight is 562 g/mol. The van der Waals surface area contributed by atoms with Crippen molar-refractivity contribution in [3.05, 3.63) is 82.2 Å². The van der Waals surface area contributed by atoms with Crippen molar-refractivity contribution < 1.29 is 26.4 Å². The highest BCUT2D eigenvalue weighted by Gasteiger charge is 2.50. The molecular weight excluding hydrogens is 535 g/mol. The number of hydrogen-bond donors (Lipinski definition) is 1. The molecule has 4 aromatic rings. The van der Waals surface area contributed by atoms with E-state index in [0.717, 1.165) is 16.7 Å². The first-order valence-corrected chi connectivity index (χ1v) is 13.7. The van der Waals surface area contributed by atoms with Crippen LogP contribution in [0.15, 0.2) is 42.7 Å². The van der Waals surface area contributed by atoms with Crippen molar-refractivity contribution in [3.8, 4) is 0 Å². The number of alkyl halides is 3. The smallest absolute Gasteiger partial charge is 0.347 e. The Kier molecular flexibility index (Phi) is 6.93. The van der Waals surface area contributed by atoms with Crippen LogP contribution in [0.2, 0.25) is 0 Å². The topological polar surface area (TPSA) is 114 Å². The van der Waals surface area contributed by atoms with Crippen molar-refractivity contribution in [1.29, 1.82) is 0 Å². The molecule has 1 N–H and O–H groups in total. The minimum atomic E-state index is -5.40. The number of carbonyl (C=O) groups is 1. The van der Waals surface area contributed by atoms with Crippen molar-refractivity contribution >= 4 is 21.7 Å². The van der Waals surface area contributed by atoms with E-state index in [1.165, 1.54) is 0 Å². The van der Waals surface area contributed by atoms with Gasteiger partial charge in [-0.25, -0.2) is 18.4 Å². The molecule has 0 saturated carbocycles.